The van der Waals surface area contributed by atoms with Gasteiger partial charge in [-0.1, -0.05) is 18.9 Å². The number of hydrogen-bond acceptors (Lipinski definition) is 12. The Morgan fingerprint density at radius 1 is 1.20 bits per heavy atom. The van der Waals surface area contributed by atoms with Gasteiger partial charge in [0.1, 0.15) is 24.1 Å². The van der Waals surface area contributed by atoms with Crippen LogP contribution in [0.15, 0.2) is 30.6 Å². The summed E-state index contributed by atoms with van der Waals surface area (Å²) in [5, 5.41) is 37.2. The molecule has 5 rings (SSSR count). The maximum atomic E-state index is 12.4. The molecule has 0 aromatic carbocycles. The van der Waals surface area contributed by atoms with E-state index in [1.807, 2.05) is 0 Å². The van der Waals surface area contributed by atoms with Gasteiger partial charge in [-0.25, -0.2) is 4.68 Å². The lowest BCUT2D eigenvalue weighted by Gasteiger charge is -2.33. The van der Waals surface area contributed by atoms with Crippen LogP contribution < -0.4 is 5.32 Å². The molecule has 1 saturated carbocycles. The summed E-state index contributed by atoms with van der Waals surface area (Å²) in [6.45, 7) is -2.47. The van der Waals surface area contributed by atoms with Crippen molar-refractivity contribution in [2.75, 3.05) is 25.1 Å². The van der Waals surface area contributed by atoms with Crippen molar-refractivity contribution < 1.29 is 43.9 Å². The summed E-state index contributed by atoms with van der Waals surface area (Å²) in [6, 6.07) is 5.32. The van der Waals surface area contributed by atoms with Crippen LogP contribution in [0, 0.1) is 0 Å². The summed E-state index contributed by atoms with van der Waals surface area (Å²) < 4.78 is 30.4. The van der Waals surface area contributed by atoms with Crippen LogP contribution >= 0.6 is 19.2 Å². The summed E-state index contributed by atoms with van der Waals surface area (Å²) >= 11 is 6.19. The molecule has 17 heteroatoms. The standard InChI is InChI=1S/C24H32ClN6O9P/c25-23-29-20(28-14-5-1-2-6-14)16-9-27-31(21(16)30-23)22-19(34)18(33)17(40-22)11-39-24(12-32,41(35,36)37)13-38-10-15-7-3-4-8-26-15/h3-4,7-9,14,17-19,22,32-34H,1-2,5-6,10-13H2,(H,28,29,30)(H2,35,36,37)/t17-,18-,19-,22-,24?/m1/s1. The molecule has 5 atom stereocenters. The number of rotatable bonds is 12. The van der Waals surface area contributed by atoms with E-state index in [0.29, 0.717) is 16.9 Å². The highest BCUT2D eigenvalue weighted by Gasteiger charge is 2.51. The van der Waals surface area contributed by atoms with Crippen LogP contribution in [0.2, 0.25) is 5.28 Å². The average Bonchev–Trinajstić information content (AvgIpc) is 3.67. The Kier molecular flexibility index (Phi) is 9.21. The van der Waals surface area contributed by atoms with E-state index < -0.39 is 57.3 Å². The van der Waals surface area contributed by atoms with Crippen LogP contribution in [0.4, 0.5) is 5.82 Å². The molecule has 4 heterocycles. The minimum atomic E-state index is -5.11. The van der Waals surface area contributed by atoms with Crippen LogP contribution in [0.25, 0.3) is 11.0 Å². The number of aromatic nitrogens is 5. The van der Waals surface area contributed by atoms with E-state index in [2.05, 4.69) is 25.4 Å². The van der Waals surface area contributed by atoms with Crippen molar-refractivity contribution in [3.63, 3.8) is 0 Å². The van der Waals surface area contributed by atoms with Gasteiger partial charge in [-0.15, -0.1) is 0 Å². The first kappa shape index (κ1) is 30.2. The highest BCUT2D eigenvalue weighted by atomic mass is 35.5. The summed E-state index contributed by atoms with van der Waals surface area (Å²) in [5.41, 5.74) is 0.758. The van der Waals surface area contributed by atoms with Crippen LogP contribution in [-0.2, 0) is 25.4 Å². The predicted molar refractivity (Wildman–Crippen MR) is 144 cm³/mol. The lowest BCUT2D eigenvalue weighted by Crippen LogP contribution is -2.45. The van der Waals surface area contributed by atoms with Gasteiger partial charge in [0.25, 0.3) is 0 Å². The SMILES string of the molecule is O=P(O)(O)C(CO)(COCc1ccccn1)OC[C@H]1O[C@@H](n2ncc3c(NC4CCCC4)nc(Cl)nc32)[C@H](O)[C@@H]1O. The van der Waals surface area contributed by atoms with Crippen molar-refractivity contribution in [1.29, 1.82) is 0 Å². The maximum absolute atomic E-state index is 12.4. The molecule has 2 aliphatic rings. The molecule has 41 heavy (non-hydrogen) atoms. The minimum absolute atomic E-state index is 0.0484. The van der Waals surface area contributed by atoms with Crippen LogP contribution in [-0.4, -0.2) is 99.4 Å². The third kappa shape index (κ3) is 6.39. The van der Waals surface area contributed by atoms with Crippen molar-refractivity contribution in [2.24, 2.45) is 0 Å². The zero-order chi connectivity index (χ0) is 29.2. The quantitative estimate of drug-likeness (QED) is 0.124. The highest BCUT2D eigenvalue weighted by Crippen LogP contribution is 2.51. The van der Waals surface area contributed by atoms with Crippen molar-refractivity contribution in [3.05, 3.63) is 41.6 Å². The number of nitrogens with zero attached hydrogens (tertiary/aromatic N) is 5. The van der Waals surface area contributed by atoms with E-state index in [4.69, 9.17) is 25.8 Å². The van der Waals surface area contributed by atoms with E-state index in [1.54, 1.807) is 18.2 Å². The molecule has 6 N–H and O–H groups in total. The molecule has 224 valence electrons. The Morgan fingerprint density at radius 2 is 1.98 bits per heavy atom. The van der Waals surface area contributed by atoms with Gasteiger partial charge >= 0.3 is 7.60 Å². The van der Waals surface area contributed by atoms with Crippen LogP contribution in [0.5, 0.6) is 0 Å². The lowest BCUT2D eigenvalue weighted by molar-refractivity contribution is -0.131. The smallest absolute Gasteiger partial charge is 0.361 e. The molecule has 3 aromatic heterocycles. The van der Waals surface area contributed by atoms with Gasteiger partial charge in [-0.3, -0.25) is 9.55 Å². The summed E-state index contributed by atoms with van der Waals surface area (Å²) in [7, 11) is -5.11. The van der Waals surface area contributed by atoms with Crippen molar-refractivity contribution in [2.45, 2.75) is 68.2 Å². The number of aliphatic hydroxyl groups excluding tert-OH is 3. The van der Waals surface area contributed by atoms with Crippen molar-refractivity contribution >= 4 is 36.0 Å². The van der Waals surface area contributed by atoms with Crippen LogP contribution in [0.3, 0.4) is 0 Å². The van der Waals surface area contributed by atoms with Gasteiger partial charge < -0.3 is 44.6 Å². The maximum Gasteiger partial charge on any atom is 0.361 e. The first-order valence-electron chi connectivity index (χ1n) is 13.1. The highest BCUT2D eigenvalue weighted by molar-refractivity contribution is 7.53. The number of pyridine rings is 1. The first-order valence-corrected chi connectivity index (χ1v) is 15.1. The fourth-order valence-corrected chi connectivity index (χ4v) is 5.81. The molecule has 15 nitrogen and oxygen atoms in total. The zero-order valence-corrected chi connectivity index (χ0v) is 23.5. The number of ether oxygens (including phenoxy) is 3. The molecule has 0 spiro atoms. The van der Waals surface area contributed by atoms with E-state index in [0.717, 1.165) is 25.7 Å². The number of hydrogen-bond donors (Lipinski definition) is 6. The lowest BCUT2D eigenvalue weighted by atomic mass is 10.1. The summed E-state index contributed by atoms with van der Waals surface area (Å²) in [6.07, 6.45) is 1.71. The fraction of sp³-hybridized carbons (Fsp3) is 0.583. The molecule has 0 amide bonds. The van der Waals surface area contributed by atoms with Gasteiger partial charge in [-0.2, -0.15) is 15.1 Å². The second-order valence-corrected chi connectivity index (χ2v) is 12.4. The van der Waals surface area contributed by atoms with E-state index in [1.165, 1.54) is 17.1 Å². The number of anilines is 1. The second kappa shape index (κ2) is 12.5. The Balaban J connectivity index is 1.30. The number of halogens is 1. The number of nitrogens with one attached hydrogen (secondary N) is 1. The third-order valence-electron chi connectivity index (χ3n) is 7.30. The molecule has 1 saturated heterocycles. The molecule has 1 unspecified atom stereocenters. The Bertz CT molecular complexity index is 1370. The number of fused-ring (bicyclic) bond motifs is 1. The molecular formula is C24H32ClN6O9P. The van der Waals surface area contributed by atoms with Gasteiger partial charge in [0.15, 0.2) is 11.9 Å². The first-order chi connectivity index (χ1) is 19.6. The average molecular weight is 615 g/mol. The monoisotopic (exact) mass is 614 g/mol. The van der Waals surface area contributed by atoms with Gasteiger partial charge in [0.2, 0.25) is 10.6 Å². The van der Waals surface area contributed by atoms with Crippen LogP contribution in [0.1, 0.15) is 37.6 Å². The van der Waals surface area contributed by atoms with Gasteiger partial charge in [0, 0.05) is 12.2 Å². The Hall–Kier alpha value is -2.30. The molecule has 0 radical (unpaired) electrons. The van der Waals surface area contributed by atoms with Gasteiger partial charge in [0.05, 0.1) is 43.7 Å². The largest absolute Gasteiger partial charge is 0.393 e. The van der Waals surface area contributed by atoms with E-state index in [9.17, 15) is 29.7 Å². The molecule has 1 aliphatic heterocycles. The number of aliphatic hydroxyl groups is 3. The van der Waals surface area contributed by atoms with E-state index in [-0.39, 0.29) is 23.6 Å². The van der Waals surface area contributed by atoms with Crippen molar-refractivity contribution in [3.8, 4) is 0 Å². The molecule has 0 bridgehead atoms. The normalized spacial score (nSPS) is 25.1. The summed E-state index contributed by atoms with van der Waals surface area (Å²) in [4.78, 5) is 32.6. The molecule has 1 aliphatic carbocycles. The third-order valence-corrected chi connectivity index (χ3v) is 8.93. The molecular weight excluding hydrogens is 583 g/mol. The predicted octanol–water partition coefficient (Wildman–Crippen LogP) is 0.948. The second-order valence-electron chi connectivity index (χ2n) is 10.1. The Morgan fingerprint density at radius 3 is 2.66 bits per heavy atom. The van der Waals surface area contributed by atoms with E-state index >= 15 is 0 Å². The molecule has 2 fully saturated rings. The summed E-state index contributed by atoms with van der Waals surface area (Å²) in [5.74, 6) is 0.492. The minimum Gasteiger partial charge on any atom is -0.393 e. The fourth-order valence-electron chi connectivity index (χ4n) is 4.96. The topological polar surface area (TPSA) is 214 Å². The molecule has 3 aromatic rings. The van der Waals surface area contributed by atoms with Gasteiger partial charge in [-0.05, 0) is 36.6 Å². The Labute approximate surface area is 239 Å². The van der Waals surface area contributed by atoms with Crippen molar-refractivity contribution in [1.82, 2.24) is 24.7 Å². The zero-order valence-electron chi connectivity index (χ0n) is 21.9.